The lowest BCUT2D eigenvalue weighted by Crippen LogP contribution is -2.05. The first-order valence-electron chi connectivity index (χ1n) is 9.63. The molecule has 0 fully saturated rings. The van der Waals surface area contributed by atoms with Crippen molar-refractivity contribution in [3.05, 3.63) is 78.2 Å². The molecule has 0 aliphatic carbocycles. The molecule has 2 aromatic heterocycles. The summed E-state index contributed by atoms with van der Waals surface area (Å²) in [4.78, 5) is 25.2. The number of hydrogen-bond donors (Lipinski definition) is 2. The number of nitrogens with zero attached hydrogens (tertiary/aromatic N) is 3. The van der Waals surface area contributed by atoms with E-state index in [0.717, 1.165) is 22.3 Å². The second kappa shape index (κ2) is 8.57. The summed E-state index contributed by atoms with van der Waals surface area (Å²) in [7, 11) is 0. The fourth-order valence-corrected chi connectivity index (χ4v) is 3.09. The second-order valence-corrected chi connectivity index (χ2v) is 6.61. The van der Waals surface area contributed by atoms with Gasteiger partial charge in [-0.05, 0) is 50.2 Å². The Balaban J connectivity index is 1.55. The minimum absolute atomic E-state index is 0.336. The van der Waals surface area contributed by atoms with E-state index < -0.39 is 0 Å². The van der Waals surface area contributed by atoms with E-state index in [4.69, 9.17) is 4.74 Å². The fourth-order valence-electron chi connectivity index (χ4n) is 3.09. The number of fused-ring (bicyclic) bond motifs is 1. The number of esters is 1. The summed E-state index contributed by atoms with van der Waals surface area (Å²) in [6.07, 6.45) is 1.77. The number of ether oxygens (including phenoxy) is 1. The minimum Gasteiger partial charge on any atom is -0.462 e. The van der Waals surface area contributed by atoms with Crippen LogP contribution in [0.2, 0.25) is 0 Å². The van der Waals surface area contributed by atoms with Gasteiger partial charge in [-0.1, -0.05) is 18.2 Å². The predicted molar refractivity (Wildman–Crippen MR) is 117 cm³/mol. The van der Waals surface area contributed by atoms with Crippen LogP contribution in [0, 0.1) is 6.92 Å². The van der Waals surface area contributed by atoms with Crippen molar-refractivity contribution in [3.63, 3.8) is 0 Å². The van der Waals surface area contributed by atoms with Gasteiger partial charge in [0.25, 0.3) is 0 Å². The van der Waals surface area contributed by atoms with E-state index >= 15 is 0 Å². The molecule has 7 heteroatoms. The van der Waals surface area contributed by atoms with Gasteiger partial charge in [0.1, 0.15) is 17.5 Å². The number of anilines is 4. The number of benzene rings is 2. The highest BCUT2D eigenvalue weighted by Crippen LogP contribution is 2.25. The van der Waals surface area contributed by atoms with E-state index in [2.05, 4.69) is 25.6 Å². The van der Waals surface area contributed by atoms with Crippen LogP contribution in [0.1, 0.15) is 23.1 Å². The molecule has 0 saturated heterocycles. The van der Waals surface area contributed by atoms with E-state index in [-0.39, 0.29) is 5.97 Å². The number of pyridine rings is 1. The molecule has 2 aromatic carbocycles. The largest absolute Gasteiger partial charge is 0.462 e. The van der Waals surface area contributed by atoms with Crippen molar-refractivity contribution in [3.8, 4) is 0 Å². The third kappa shape index (κ3) is 4.35. The topological polar surface area (TPSA) is 89.0 Å². The van der Waals surface area contributed by atoms with Crippen LogP contribution >= 0.6 is 0 Å². The number of nitrogens with one attached hydrogen (secondary N) is 2. The van der Waals surface area contributed by atoms with Gasteiger partial charge in [-0.3, -0.25) is 4.98 Å². The highest BCUT2D eigenvalue weighted by atomic mass is 16.5. The summed E-state index contributed by atoms with van der Waals surface area (Å²) >= 11 is 0. The molecule has 2 heterocycles. The Bertz CT molecular complexity index is 1190. The lowest BCUT2D eigenvalue weighted by molar-refractivity contribution is 0.0526. The lowest BCUT2D eigenvalue weighted by atomic mass is 10.2. The first-order chi connectivity index (χ1) is 14.6. The number of aryl methyl sites for hydroxylation is 1. The van der Waals surface area contributed by atoms with Crippen molar-refractivity contribution in [1.82, 2.24) is 15.0 Å². The Hall–Kier alpha value is -4.00. The highest BCUT2D eigenvalue weighted by molar-refractivity contribution is 5.92. The van der Waals surface area contributed by atoms with Gasteiger partial charge in [-0.15, -0.1) is 0 Å². The van der Waals surface area contributed by atoms with Crippen molar-refractivity contribution in [1.29, 1.82) is 0 Å². The van der Waals surface area contributed by atoms with E-state index in [1.807, 2.05) is 55.5 Å². The van der Waals surface area contributed by atoms with Gasteiger partial charge in [0, 0.05) is 23.3 Å². The smallest absolute Gasteiger partial charge is 0.338 e. The maximum Gasteiger partial charge on any atom is 0.338 e. The van der Waals surface area contributed by atoms with Gasteiger partial charge in [0.15, 0.2) is 0 Å². The molecular formula is C23H21N5O2. The lowest BCUT2D eigenvalue weighted by Gasteiger charge is -2.12. The average molecular weight is 399 g/mol. The third-order valence-corrected chi connectivity index (χ3v) is 4.40. The van der Waals surface area contributed by atoms with E-state index in [1.165, 1.54) is 0 Å². The normalized spacial score (nSPS) is 10.6. The van der Waals surface area contributed by atoms with Crippen LogP contribution in [-0.4, -0.2) is 27.5 Å². The molecule has 0 radical (unpaired) electrons. The van der Waals surface area contributed by atoms with E-state index in [0.29, 0.717) is 29.6 Å². The predicted octanol–water partition coefficient (Wildman–Crippen LogP) is 5.00. The summed E-state index contributed by atoms with van der Waals surface area (Å²) in [5.41, 5.74) is 3.06. The van der Waals surface area contributed by atoms with Gasteiger partial charge >= 0.3 is 5.97 Å². The van der Waals surface area contributed by atoms with Crippen molar-refractivity contribution in [2.45, 2.75) is 13.8 Å². The van der Waals surface area contributed by atoms with Crippen LogP contribution in [0.15, 0.2) is 66.9 Å². The van der Waals surface area contributed by atoms with Crippen molar-refractivity contribution in [2.24, 2.45) is 0 Å². The molecule has 0 aliphatic rings. The van der Waals surface area contributed by atoms with Gasteiger partial charge in [-0.25, -0.2) is 14.8 Å². The number of para-hydroxylation sites is 1. The highest BCUT2D eigenvalue weighted by Gasteiger charge is 2.08. The molecule has 0 aliphatic heterocycles. The summed E-state index contributed by atoms with van der Waals surface area (Å²) in [6, 6.07) is 18.8. The molecule has 4 aromatic rings. The Morgan fingerprint density at radius 1 is 0.967 bits per heavy atom. The molecule has 0 spiro atoms. The molecule has 4 rings (SSSR count). The van der Waals surface area contributed by atoms with Crippen LogP contribution in [-0.2, 0) is 4.74 Å². The number of aromatic nitrogens is 3. The summed E-state index contributed by atoms with van der Waals surface area (Å²) in [5, 5.41) is 7.63. The first-order valence-corrected chi connectivity index (χ1v) is 9.63. The molecule has 0 saturated carbocycles. The number of carbonyl (C=O) groups is 1. The summed E-state index contributed by atoms with van der Waals surface area (Å²) in [6.45, 7) is 3.97. The van der Waals surface area contributed by atoms with Crippen LogP contribution in [0.25, 0.3) is 10.9 Å². The Morgan fingerprint density at radius 3 is 2.47 bits per heavy atom. The van der Waals surface area contributed by atoms with E-state index in [1.54, 1.807) is 25.3 Å². The van der Waals surface area contributed by atoms with Gasteiger partial charge < -0.3 is 15.4 Å². The average Bonchev–Trinajstić information content (AvgIpc) is 2.74. The molecule has 0 bridgehead atoms. The number of carbonyl (C=O) groups excluding carboxylic acids is 1. The summed E-state index contributed by atoms with van der Waals surface area (Å²) in [5.74, 6) is 1.59. The third-order valence-electron chi connectivity index (χ3n) is 4.40. The number of hydrogen-bond acceptors (Lipinski definition) is 7. The van der Waals surface area contributed by atoms with Crippen LogP contribution in [0.5, 0.6) is 0 Å². The standard InChI is InChI=1S/C23H21N5O2/c1-3-30-23(29)17-9-11-18(12-10-17)27-20-14-21(26-15(2)25-20)28-19-8-4-6-16-7-5-13-24-22(16)19/h4-14H,3H2,1-2H3,(H2,25,26,27,28). The monoisotopic (exact) mass is 399 g/mol. The van der Waals surface area contributed by atoms with E-state index in [9.17, 15) is 4.79 Å². The zero-order chi connectivity index (χ0) is 20.9. The molecule has 2 N–H and O–H groups in total. The Labute approximate surface area is 174 Å². The molecule has 30 heavy (non-hydrogen) atoms. The Kier molecular flexibility index (Phi) is 5.52. The van der Waals surface area contributed by atoms with Crippen molar-refractivity contribution < 1.29 is 9.53 Å². The maximum absolute atomic E-state index is 11.8. The van der Waals surface area contributed by atoms with Crippen LogP contribution < -0.4 is 10.6 Å². The number of rotatable bonds is 6. The van der Waals surface area contributed by atoms with Crippen molar-refractivity contribution in [2.75, 3.05) is 17.2 Å². The van der Waals surface area contributed by atoms with Gasteiger partial charge in [-0.2, -0.15) is 0 Å². The van der Waals surface area contributed by atoms with Crippen molar-refractivity contribution >= 4 is 39.9 Å². The zero-order valence-corrected chi connectivity index (χ0v) is 16.7. The van der Waals surface area contributed by atoms with Gasteiger partial charge in [0.2, 0.25) is 0 Å². The Morgan fingerprint density at radius 2 is 1.70 bits per heavy atom. The fraction of sp³-hybridized carbons (Fsp3) is 0.130. The SMILES string of the molecule is CCOC(=O)c1ccc(Nc2cc(Nc3cccc4cccnc34)nc(C)n2)cc1. The minimum atomic E-state index is -0.336. The maximum atomic E-state index is 11.8. The second-order valence-electron chi connectivity index (χ2n) is 6.61. The molecule has 0 unspecified atom stereocenters. The first kappa shape index (κ1) is 19.3. The van der Waals surface area contributed by atoms with Gasteiger partial charge in [0.05, 0.1) is 23.4 Å². The van der Waals surface area contributed by atoms with Crippen LogP contribution in [0.4, 0.5) is 23.0 Å². The van der Waals surface area contributed by atoms with Crippen LogP contribution in [0.3, 0.4) is 0 Å². The molecule has 0 atom stereocenters. The molecule has 150 valence electrons. The molecule has 0 amide bonds. The quantitative estimate of drug-likeness (QED) is 0.441. The molecular weight excluding hydrogens is 378 g/mol. The molecule has 7 nitrogen and oxygen atoms in total. The summed E-state index contributed by atoms with van der Waals surface area (Å²) < 4.78 is 5.01. The zero-order valence-electron chi connectivity index (χ0n) is 16.7.